The number of aromatic nitrogens is 1. The van der Waals surface area contributed by atoms with Crippen LogP contribution in [0.1, 0.15) is 24.0 Å². The number of hydrogen-bond acceptors (Lipinski definition) is 7. The van der Waals surface area contributed by atoms with Crippen LogP contribution in [0.3, 0.4) is 0 Å². The Kier molecular flexibility index (Phi) is 8.06. The van der Waals surface area contributed by atoms with Gasteiger partial charge in [-0.2, -0.15) is 0 Å². The molecular formula is C25H18Cl4N2O5S. The van der Waals surface area contributed by atoms with Crippen molar-refractivity contribution in [1.82, 2.24) is 4.57 Å². The van der Waals surface area contributed by atoms with Gasteiger partial charge in [0.25, 0.3) is 5.56 Å². The smallest absolute Gasteiger partial charge is 0.338 e. The minimum absolute atomic E-state index is 0.00655. The van der Waals surface area contributed by atoms with Crippen molar-refractivity contribution in [1.29, 1.82) is 0 Å². The molecule has 1 atom stereocenters. The van der Waals surface area contributed by atoms with E-state index in [4.69, 9.17) is 61.6 Å². The number of rotatable bonds is 5. The van der Waals surface area contributed by atoms with Gasteiger partial charge in [-0.3, -0.25) is 9.36 Å². The second-order valence-corrected chi connectivity index (χ2v) is 10.5. The van der Waals surface area contributed by atoms with E-state index < -0.39 is 23.4 Å². The first kappa shape index (κ1) is 27.3. The molecule has 1 aliphatic heterocycles. The average Bonchev–Trinajstić information content (AvgIpc) is 3.16. The predicted octanol–water partition coefficient (Wildman–Crippen LogP) is 4.16. The monoisotopic (exact) mass is 598 g/mol. The Bertz CT molecular complexity index is 1660. The Hall–Kier alpha value is -2.75. The minimum atomic E-state index is -1.10. The Morgan fingerprint density at radius 3 is 2.27 bits per heavy atom. The Labute approximate surface area is 234 Å². The molecule has 0 spiro atoms. The van der Waals surface area contributed by atoms with E-state index in [2.05, 4.69) is 0 Å². The fourth-order valence-electron chi connectivity index (χ4n) is 3.97. The summed E-state index contributed by atoms with van der Waals surface area (Å²) >= 11 is 25.9. The number of carbonyl (C=O) groups excluding carboxylic acids is 2. The molecule has 7 nitrogen and oxygen atoms in total. The van der Waals surface area contributed by atoms with Crippen LogP contribution in [0.2, 0.25) is 20.1 Å². The lowest BCUT2D eigenvalue weighted by molar-refractivity contribution is -0.138. The van der Waals surface area contributed by atoms with Crippen LogP contribution < -0.4 is 20.5 Å². The van der Waals surface area contributed by atoms with Gasteiger partial charge in [-0.05, 0) is 48.4 Å². The molecule has 0 saturated heterocycles. The number of ether oxygens (including phenoxy) is 2. The minimum Gasteiger partial charge on any atom is -0.466 e. The summed E-state index contributed by atoms with van der Waals surface area (Å²) in [6.07, 6.45) is 1.55. The first-order valence-corrected chi connectivity index (χ1v) is 13.0. The zero-order valence-corrected chi connectivity index (χ0v) is 23.2. The van der Waals surface area contributed by atoms with Crippen molar-refractivity contribution in [3.63, 3.8) is 0 Å². The topological polar surface area (TPSA) is 101 Å². The van der Waals surface area contributed by atoms with Gasteiger partial charge in [0, 0.05) is 20.1 Å². The maximum atomic E-state index is 13.5. The molecule has 0 amide bonds. The van der Waals surface area contributed by atoms with Crippen LogP contribution in [0.5, 0.6) is 0 Å². The van der Waals surface area contributed by atoms with Crippen molar-refractivity contribution in [2.75, 3.05) is 13.7 Å². The van der Waals surface area contributed by atoms with Crippen LogP contribution in [0, 0.1) is 0 Å². The molecule has 1 aliphatic rings. The van der Waals surface area contributed by atoms with Crippen molar-refractivity contribution in [2.24, 2.45) is 5.73 Å². The maximum absolute atomic E-state index is 13.5. The Balaban J connectivity index is 2.15. The second kappa shape index (κ2) is 10.9. The molecule has 0 saturated carbocycles. The standard InChI is InChI=1S/C25H18Cl4N2O5S/c1-3-36-25(34)19-18(14-7-6-13(27)10-16(14)29)20(24(33)35-2)23-31(21(19)30)22(32)17(37-23)8-11-4-5-12(26)9-15(11)28/h4-10,18H,3,30H2,1-2H3/b17-8-/t18-/m1/s1. The van der Waals surface area contributed by atoms with E-state index in [1.54, 1.807) is 37.3 Å². The van der Waals surface area contributed by atoms with Gasteiger partial charge in [-0.15, -0.1) is 11.3 Å². The summed E-state index contributed by atoms with van der Waals surface area (Å²) in [6, 6.07) is 9.43. The van der Waals surface area contributed by atoms with Crippen LogP contribution >= 0.6 is 57.7 Å². The van der Waals surface area contributed by atoms with Gasteiger partial charge < -0.3 is 15.2 Å². The summed E-state index contributed by atoms with van der Waals surface area (Å²) in [4.78, 5) is 39.9. The lowest BCUT2D eigenvalue weighted by atomic mass is 9.83. The predicted molar refractivity (Wildman–Crippen MR) is 147 cm³/mol. The normalized spacial score (nSPS) is 15.6. The number of methoxy groups -OCH3 is 1. The SMILES string of the molecule is CCOC(=O)C1=C(N)n2c(s/c(=C\c3ccc(Cl)cc3Cl)c2=O)=C(C(=O)OC)[C@@H]1c1ccc(Cl)cc1Cl. The lowest BCUT2D eigenvalue weighted by Crippen LogP contribution is -2.41. The van der Waals surface area contributed by atoms with Crippen molar-refractivity contribution in [3.8, 4) is 0 Å². The molecular weight excluding hydrogens is 582 g/mol. The third kappa shape index (κ3) is 5.04. The Morgan fingerprint density at radius 2 is 1.68 bits per heavy atom. The highest BCUT2D eigenvalue weighted by molar-refractivity contribution is 7.07. The molecule has 0 fully saturated rings. The molecule has 2 heterocycles. The number of thiazole rings is 1. The van der Waals surface area contributed by atoms with E-state index in [9.17, 15) is 14.4 Å². The van der Waals surface area contributed by atoms with Crippen LogP contribution in [0.4, 0.5) is 0 Å². The van der Waals surface area contributed by atoms with Gasteiger partial charge in [0.05, 0.1) is 35.3 Å². The van der Waals surface area contributed by atoms with Gasteiger partial charge in [0.2, 0.25) is 0 Å². The number of nitrogens with two attached hydrogens (primary N) is 1. The van der Waals surface area contributed by atoms with Crippen LogP contribution in [-0.4, -0.2) is 30.2 Å². The quantitative estimate of drug-likeness (QED) is 0.442. The van der Waals surface area contributed by atoms with Crippen molar-refractivity contribution >= 4 is 87.1 Å². The first-order valence-electron chi connectivity index (χ1n) is 10.7. The third-order valence-corrected chi connectivity index (χ3v) is 7.80. The highest BCUT2D eigenvalue weighted by Crippen LogP contribution is 2.41. The first-order chi connectivity index (χ1) is 17.6. The molecule has 2 N–H and O–H groups in total. The van der Waals surface area contributed by atoms with Gasteiger partial charge in [-0.25, -0.2) is 9.59 Å². The number of esters is 2. The van der Waals surface area contributed by atoms with Crippen LogP contribution in [0.15, 0.2) is 46.8 Å². The summed E-state index contributed by atoms with van der Waals surface area (Å²) in [5.41, 5.74) is 6.63. The molecule has 1 aromatic heterocycles. The number of benzene rings is 2. The third-order valence-electron chi connectivity index (χ3n) is 5.57. The summed E-state index contributed by atoms with van der Waals surface area (Å²) in [7, 11) is 1.19. The summed E-state index contributed by atoms with van der Waals surface area (Å²) in [5, 5.41) is 1.28. The number of carbonyl (C=O) groups is 2. The fraction of sp³-hybridized carbons (Fsp3) is 0.160. The molecule has 3 aromatic rings. The summed E-state index contributed by atoms with van der Waals surface area (Å²) in [5.74, 6) is -2.88. The molecule has 37 heavy (non-hydrogen) atoms. The molecule has 12 heteroatoms. The molecule has 0 radical (unpaired) electrons. The number of fused-ring (bicyclic) bond motifs is 1. The Morgan fingerprint density at radius 1 is 1.03 bits per heavy atom. The van der Waals surface area contributed by atoms with Gasteiger partial charge >= 0.3 is 11.9 Å². The van der Waals surface area contributed by atoms with Crippen molar-refractivity contribution in [3.05, 3.63) is 92.7 Å². The molecule has 2 aromatic carbocycles. The average molecular weight is 600 g/mol. The van der Waals surface area contributed by atoms with E-state index in [0.717, 1.165) is 15.9 Å². The number of nitrogens with zero attached hydrogens (tertiary/aromatic N) is 1. The molecule has 0 bridgehead atoms. The second-order valence-electron chi connectivity index (χ2n) is 7.75. The lowest BCUT2D eigenvalue weighted by Gasteiger charge is -2.27. The van der Waals surface area contributed by atoms with E-state index in [1.807, 2.05) is 0 Å². The molecule has 4 rings (SSSR count). The zero-order chi connectivity index (χ0) is 27.0. The van der Waals surface area contributed by atoms with Crippen molar-refractivity contribution < 1.29 is 19.1 Å². The van der Waals surface area contributed by atoms with Gasteiger partial charge in [-0.1, -0.05) is 58.5 Å². The summed E-state index contributed by atoms with van der Waals surface area (Å²) in [6.45, 7) is 1.65. The van der Waals surface area contributed by atoms with E-state index in [-0.39, 0.29) is 37.8 Å². The van der Waals surface area contributed by atoms with E-state index in [1.165, 1.54) is 19.2 Å². The molecule has 192 valence electrons. The molecule has 0 unspecified atom stereocenters. The van der Waals surface area contributed by atoms with Crippen molar-refractivity contribution in [2.45, 2.75) is 12.8 Å². The summed E-state index contributed by atoms with van der Waals surface area (Å²) < 4.78 is 11.8. The van der Waals surface area contributed by atoms with Crippen LogP contribution in [-0.2, 0) is 19.1 Å². The largest absolute Gasteiger partial charge is 0.466 e. The van der Waals surface area contributed by atoms with Gasteiger partial charge in [0.1, 0.15) is 10.5 Å². The number of halogens is 4. The van der Waals surface area contributed by atoms with E-state index in [0.29, 0.717) is 26.2 Å². The molecule has 0 aliphatic carbocycles. The highest BCUT2D eigenvalue weighted by atomic mass is 35.5. The number of hydrogen-bond donors (Lipinski definition) is 1. The van der Waals surface area contributed by atoms with E-state index >= 15 is 0 Å². The maximum Gasteiger partial charge on any atom is 0.338 e. The van der Waals surface area contributed by atoms with Crippen LogP contribution in [0.25, 0.3) is 17.5 Å². The fourth-order valence-corrected chi connectivity index (χ4v) is 6.11. The zero-order valence-electron chi connectivity index (χ0n) is 19.3. The highest BCUT2D eigenvalue weighted by Gasteiger charge is 2.40. The van der Waals surface area contributed by atoms with Gasteiger partial charge in [0.15, 0.2) is 0 Å².